The van der Waals surface area contributed by atoms with Gasteiger partial charge in [0.05, 0.1) is 13.7 Å². The second-order valence-electron chi connectivity index (χ2n) is 3.45. The lowest BCUT2D eigenvalue weighted by atomic mass is 10.3. The van der Waals surface area contributed by atoms with E-state index in [1.165, 1.54) is 23.7 Å². The molecule has 7 nitrogen and oxygen atoms in total. The molecular weight excluding hydrogens is 214 g/mol. The summed E-state index contributed by atoms with van der Waals surface area (Å²) in [5.41, 5.74) is 0.187. The molecule has 1 aromatic heterocycles. The number of aliphatic hydroxyl groups excluding tert-OH is 1. The van der Waals surface area contributed by atoms with Gasteiger partial charge in [0, 0.05) is 12.1 Å². The highest BCUT2D eigenvalue weighted by molar-refractivity contribution is 5.93. The summed E-state index contributed by atoms with van der Waals surface area (Å²) in [6.07, 6.45) is 0. The van der Waals surface area contributed by atoms with Crippen molar-refractivity contribution >= 4 is 11.7 Å². The van der Waals surface area contributed by atoms with Crippen LogP contribution in [-0.4, -0.2) is 33.2 Å². The topological polar surface area (TPSA) is 97.4 Å². The zero-order valence-electron chi connectivity index (χ0n) is 9.01. The fraction of sp³-hybridized carbons (Fsp3) is 0.444. The molecule has 1 unspecified atom stereocenters. The molecule has 1 atom stereocenters. The summed E-state index contributed by atoms with van der Waals surface area (Å²) < 4.78 is 1.19. The smallest absolute Gasteiger partial charge is 0.323 e. The number of nitrogens with one attached hydrogen (secondary N) is 1. The van der Waals surface area contributed by atoms with Crippen molar-refractivity contribution in [2.24, 2.45) is 7.05 Å². The molecule has 88 valence electrons. The second kappa shape index (κ2) is 4.75. The Hall–Kier alpha value is -1.89. The van der Waals surface area contributed by atoms with Crippen LogP contribution in [0.5, 0.6) is 0 Å². The summed E-state index contributed by atoms with van der Waals surface area (Å²) in [4.78, 5) is 21.6. The molecule has 0 aliphatic rings. The van der Waals surface area contributed by atoms with Gasteiger partial charge in [0.25, 0.3) is 5.91 Å². The van der Waals surface area contributed by atoms with Crippen molar-refractivity contribution in [1.82, 2.24) is 9.88 Å². The summed E-state index contributed by atoms with van der Waals surface area (Å²) in [7, 11) is 1.44. The zero-order chi connectivity index (χ0) is 12.3. The first-order valence-electron chi connectivity index (χ1n) is 4.69. The van der Waals surface area contributed by atoms with E-state index in [-0.39, 0.29) is 24.2 Å². The van der Waals surface area contributed by atoms with Gasteiger partial charge in [-0.25, -0.2) is 4.57 Å². The van der Waals surface area contributed by atoms with Crippen LogP contribution in [0.25, 0.3) is 0 Å². The Bertz CT molecular complexity index is 413. The fourth-order valence-corrected chi connectivity index (χ4v) is 1.26. The third-order valence-electron chi connectivity index (χ3n) is 2.17. The Balaban J connectivity index is 2.89. The van der Waals surface area contributed by atoms with Gasteiger partial charge in [-0.2, -0.15) is 0 Å². The van der Waals surface area contributed by atoms with Gasteiger partial charge < -0.3 is 20.5 Å². The molecule has 0 spiro atoms. The van der Waals surface area contributed by atoms with Crippen LogP contribution in [0.3, 0.4) is 0 Å². The van der Waals surface area contributed by atoms with Crippen molar-refractivity contribution in [2.45, 2.75) is 13.0 Å². The number of carbonyl (C=O) groups is 1. The summed E-state index contributed by atoms with van der Waals surface area (Å²) >= 11 is 0. The minimum absolute atomic E-state index is 0.151. The Morgan fingerprint density at radius 1 is 1.69 bits per heavy atom. The molecule has 1 heterocycles. The minimum atomic E-state index is -0.563. The van der Waals surface area contributed by atoms with Crippen LogP contribution >= 0.6 is 0 Å². The molecule has 1 rings (SSSR count). The van der Waals surface area contributed by atoms with Gasteiger partial charge in [-0.05, 0) is 17.9 Å². The molecule has 1 amide bonds. The van der Waals surface area contributed by atoms with Crippen molar-refractivity contribution in [3.05, 3.63) is 27.9 Å². The predicted octanol–water partition coefficient (Wildman–Crippen LogP) is 0.0439. The van der Waals surface area contributed by atoms with Crippen LogP contribution < -0.4 is 5.32 Å². The normalized spacial score (nSPS) is 12.2. The summed E-state index contributed by atoms with van der Waals surface area (Å²) in [6.45, 7) is 1.45. The summed E-state index contributed by atoms with van der Waals surface area (Å²) in [5, 5.41) is 21.8. The number of amides is 1. The fourth-order valence-electron chi connectivity index (χ4n) is 1.26. The first-order valence-corrected chi connectivity index (χ1v) is 4.69. The molecule has 0 fully saturated rings. The lowest BCUT2D eigenvalue weighted by Gasteiger charge is -2.09. The standard InChI is InChI=1S/C9H13N3O4/c1-6(5-13)10-9(14)7-3-4-8(11(7)2)12(15)16/h3-4,6,13H,5H2,1-2H3,(H,10,14). The molecule has 0 saturated carbocycles. The van der Waals surface area contributed by atoms with Crippen LogP contribution in [-0.2, 0) is 7.05 Å². The third kappa shape index (κ3) is 2.37. The van der Waals surface area contributed by atoms with Gasteiger partial charge in [0.2, 0.25) is 0 Å². The number of carbonyl (C=O) groups excluding carboxylic acids is 1. The lowest BCUT2D eigenvalue weighted by Crippen LogP contribution is -2.35. The molecular formula is C9H13N3O4. The Kier molecular flexibility index (Phi) is 3.62. The molecule has 7 heteroatoms. The predicted molar refractivity (Wildman–Crippen MR) is 56.1 cm³/mol. The van der Waals surface area contributed by atoms with E-state index in [0.29, 0.717) is 0 Å². The number of aromatic nitrogens is 1. The average molecular weight is 227 g/mol. The van der Waals surface area contributed by atoms with E-state index in [9.17, 15) is 14.9 Å². The largest absolute Gasteiger partial charge is 0.394 e. The molecule has 0 aliphatic carbocycles. The van der Waals surface area contributed by atoms with E-state index in [2.05, 4.69) is 5.32 Å². The van der Waals surface area contributed by atoms with E-state index < -0.39 is 10.8 Å². The number of hydrogen-bond acceptors (Lipinski definition) is 4. The highest BCUT2D eigenvalue weighted by Gasteiger charge is 2.21. The molecule has 1 aromatic rings. The maximum atomic E-state index is 11.6. The Morgan fingerprint density at radius 2 is 2.31 bits per heavy atom. The van der Waals surface area contributed by atoms with E-state index >= 15 is 0 Å². The highest BCUT2D eigenvalue weighted by Crippen LogP contribution is 2.14. The zero-order valence-corrected chi connectivity index (χ0v) is 9.01. The van der Waals surface area contributed by atoms with Crippen molar-refractivity contribution in [3.8, 4) is 0 Å². The molecule has 0 aromatic carbocycles. The molecule has 0 aliphatic heterocycles. The van der Waals surface area contributed by atoms with Gasteiger partial charge in [-0.1, -0.05) is 0 Å². The van der Waals surface area contributed by atoms with E-state index in [1.807, 2.05) is 0 Å². The number of aliphatic hydroxyl groups is 1. The molecule has 16 heavy (non-hydrogen) atoms. The number of hydrogen-bond donors (Lipinski definition) is 2. The Labute approximate surface area is 91.8 Å². The summed E-state index contributed by atoms with van der Waals surface area (Å²) in [6, 6.07) is 2.25. The van der Waals surface area contributed by atoms with Crippen molar-refractivity contribution < 1.29 is 14.8 Å². The Morgan fingerprint density at radius 3 is 2.75 bits per heavy atom. The quantitative estimate of drug-likeness (QED) is 0.560. The van der Waals surface area contributed by atoms with E-state index in [1.54, 1.807) is 6.92 Å². The van der Waals surface area contributed by atoms with Crippen molar-refractivity contribution in [1.29, 1.82) is 0 Å². The van der Waals surface area contributed by atoms with Gasteiger partial charge in [0.15, 0.2) is 5.69 Å². The number of rotatable bonds is 4. The maximum Gasteiger partial charge on any atom is 0.323 e. The molecule has 0 radical (unpaired) electrons. The first-order chi connectivity index (χ1) is 7.47. The number of nitro groups is 1. The van der Waals surface area contributed by atoms with Crippen molar-refractivity contribution in [2.75, 3.05) is 6.61 Å². The van der Waals surface area contributed by atoms with Gasteiger partial charge >= 0.3 is 5.82 Å². The summed E-state index contributed by atoms with van der Waals surface area (Å²) in [5.74, 6) is -0.598. The second-order valence-corrected chi connectivity index (χ2v) is 3.45. The molecule has 0 bridgehead atoms. The maximum absolute atomic E-state index is 11.6. The molecule has 2 N–H and O–H groups in total. The highest BCUT2D eigenvalue weighted by atomic mass is 16.6. The van der Waals surface area contributed by atoms with Gasteiger partial charge in [-0.15, -0.1) is 0 Å². The average Bonchev–Trinajstić information content (AvgIpc) is 2.59. The lowest BCUT2D eigenvalue weighted by molar-refractivity contribution is -0.391. The number of nitrogens with zero attached hydrogens (tertiary/aromatic N) is 2. The van der Waals surface area contributed by atoms with Gasteiger partial charge in [-0.3, -0.25) is 4.79 Å². The van der Waals surface area contributed by atoms with Crippen LogP contribution in [0, 0.1) is 10.1 Å². The van der Waals surface area contributed by atoms with Crippen LogP contribution in [0.2, 0.25) is 0 Å². The third-order valence-corrected chi connectivity index (χ3v) is 2.17. The van der Waals surface area contributed by atoms with Crippen LogP contribution in [0.15, 0.2) is 12.1 Å². The van der Waals surface area contributed by atoms with Crippen LogP contribution in [0.4, 0.5) is 5.82 Å². The van der Waals surface area contributed by atoms with E-state index in [4.69, 9.17) is 5.11 Å². The van der Waals surface area contributed by atoms with Gasteiger partial charge in [0.1, 0.15) is 0 Å². The monoisotopic (exact) mass is 227 g/mol. The minimum Gasteiger partial charge on any atom is -0.394 e. The van der Waals surface area contributed by atoms with Crippen LogP contribution in [0.1, 0.15) is 17.4 Å². The SMILES string of the molecule is CC(CO)NC(=O)c1ccc([N+](=O)[O-])n1C. The van der Waals surface area contributed by atoms with Crippen molar-refractivity contribution in [3.63, 3.8) is 0 Å². The van der Waals surface area contributed by atoms with E-state index in [0.717, 1.165) is 0 Å². The molecule has 0 saturated heterocycles. The first kappa shape index (κ1) is 12.2.